The number of aliphatic hydroxyl groups excluding tert-OH is 1. The van der Waals surface area contributed by atoms with Gasteiger partial charge in [0.2, 0.25) is 0 Å². The second kappa shape index (κ2) is 3.19. The number of aliphatic hydroxyl groups is 1. The molecule has 0 aromatic rings. The summed E-state index contributed by atoms with van der Waals surface area (Å²) in [6.07, 6.45) is 3.70. The summed E-state index contributed by atoms with van der Waals surface area (Å²) in [7, 11) is 0. The molecule has 3 N–H and O–H groups in total. The van der Waals surface area contributed by atoms with E-state index in [9.17, 15) is 5.11 Å². The van der Waals surface area contributed by atoms with Gasteiger partial charge >= 0.3 is 0 Å². The van der Waals surface area contributed by atoms with Crippen molar-refractivity contribution in [2.24, 2.45) is 11.7 Å². The van der Waals surface area contributed by atoms with Crippen LogP contribution in [0, 0.1) is 5.92 Å². The summed E-state index contributed by atoms with van der Waals surface area (Å²) in [4.78, 5) is 0. The summed E-state index contributed by atoms with van der Waals surface area (Å²) in [5.74, 6) is 0.222. The van der Waals surface area contributed by atoms with Gasteiger partial charge in [0.1, 0.15) is 0 Å². The molecule has 1 aliphatic heterocycles. The van der Waals surface area contributed by atoms with Crippen LogP contribution in [-0.4, -0.2) is 29.0 Å². The normalized spacial score (nSPS) is 47.1. The van der Waals surface area contributed by atoms with E-state index in [1.54, 1.807) is 0 Å². The van der Waals surface area contributed by atoms with E-state index in [-0.39, 0.29) is 23.2 Å². The lowest BCUT2D eigenvalue weighted by molar-refractivity contribution is -0.0373. The molecule has 3 atom stereocenters. The third kappa shape index (κ3) is 1.30. The summed E-state index contributed by atoms with van der Waals surface area (Å²) >= 11 is 0. The Kier molecular flexibility index (Phi) is 2.37. The van der Waals surface area contributed by atoms with Crippen LogP contribution in [0.15, 0.2) is 0 Å². The molecule has 3 unspecified atom stereocenters. The molecule has 1 saturated heterocycles. The Morgan fingerprint density at radius 2 is 2.07 bits per heavy atom. The highest BCUT2D eigenvalue weighted by Crippen LogP contribution is 2.45. The zero-order chi connectivity index (χ0) is 10.4. The summed E-state index contributed by atoms with van der Waals surface area (Å²) < 4.78 is 5.68. The molecule has 0 aromatic heterocycles. The van der Waals surface area contributed by atoms with Crippen LogP contribution in [-0.2, 0) is 4.74 Å². The van der Waals surface area contributed by atoms with Crippen molar-refractivity contribution in [1.29, 1.82) is 0 Å². The van der Waals surface area contributed by atoms with Crippen molar-refractivity contribution in [3.63, 3.8) is 0 Å². The second-order valence-electron chi connectivity index (χ2n) is 5.25. The van der Waals surface area contributed by atoms with Gasteiger partial charge in [0.25, 0.3) is 0 Å². The molecule has 82 valence electrons. The first-order valence-electron chi connectivity index (χ1n) is 5.58. The Labute approximate surface area is 85.6 Å². The number of nitrogens with two attached hydrogens (primary N) is 1. The van der Waals surface area contributed by atoms with Gasteiger partial charge in [0.05, 0.1) is 17.2 Å². The maximum atomic E-state index is 9.91. The van der Waals surface area contributed by atoms with Gasteiger partial charge in [-0.2, -0.15) is 0 Å². The van der Waals surface area contributed by atoms with E-state index in [2.05, 4.69) is 0 Å². The van der Waals surface area contributed by atoms with Crippen molar-refractivity contribution in [3.8, 4) is 0 Å². The first-order chi connectivity index (χ1) is 6.47. The van der Waals surface area contributed by atoms with Gasteiger partial charge in [-0.3, -0.25) is 0 Å². The number of ether oxygens (including phenoxy) is 1. The van der Waals surface area contributed by atoms with E-state index in [1.165, 1.54) is 0 Å². The Morgan fingerprint density at radius 1 is 1.36 bits per heavy atom. The zero-order valence-electron chi connectivity index (χ0n) is 9.12. The van der Waals surface area contributed by atoms with E-state index >= 15 is 0 Å². The first kappa shape index (κ1) is 10.4. The van der Waals surface area contributed by atoms with E-state index in [0.29, 0.717) is 0 Å². The quantitative estimate of drug-likeness (QED) is 0.663. The monoisotopic (exact) mass is 199 g/mol. The molecule has 1 saturated carbocycles. The van der Waals surface area contributed by atoms with Gasteiger partial charge in [-0.05, 0) is 33.1 Å². The van der Waals surface area contributed by atoms with Crippen LogP contribution in [0.2, 0.25) is 0 Å². The van der Waals surface area contributed by atoms with Crippen LogP contribution < -0.4 is 5.73 Å². The van der Waals surface area contributed by atoms with Gasteiger partial charge < -0.3 is 15.6 Å². The molecule has 2 fully saturated rings. The predicted molar refractivity (Wildman–Crippen MR) is 54.9 cm³/mol. The molecular weight excluding hydrogens is 178 g/mol. The van der Waals surface area contributed by atoms with Gasteiger partial charge in [0, 0.05) is 12.5 Å². The zero-order valence-corrected chi connectivity index (χ0v) is 9.12. The summed E-state index contributed by atoms with van der Waals surface area (Å²) in [6.45, 7) is 4.82. The Bertz CT molecular complexity index is 229. The average molecular weight is 199 g/mol. The molecule has 0 amide bonds. The van der Waals surface area contributed by atoms with E-state index in [1.807, 2.05) is 13.8 Å². The van der Waals surface area contributed by atoms with Crippen molar-refractivity contribution in [2.45, 2.75) is 56.8 Å². The van der Waals surface area contributed by atoms with Gasteiger partial charge in [-0.15, -0.1) is 0 Å². The van der Waals surface area contributed by atoms with Crippen LogP contribution in [0.1, 0.15) is 39.5 Å². The highest BCUT2D eigenvalue weighted by atomic mass is 16.5. The molecule has 3 heteroatoms. The molecule has 1 aliphatic carbocycles. The summed E-state index contributed by atoms with van der Waals surface area (Å²) in [6, 6.07) is 0. The van der Waals surface area contributed by atoms with Crippen molar-refractivity contribution in [1.82, 2.24) is 0 Å². The van der Waals surface area contributed by atoms with Crippen molar-refractivity contribution >= 4 is 0 Å². The number of hydrogen-bond acceptors (Lipinski definition) is 3. The van der Waals surface area contributed by atoms with Crippen LogP contribution in [0.4, 0.5) is 0 Å². The maximum absolute atomic E-state index is 9.91. The molecule has 0 bridgehead atoms. The third-order valence-corrected chi connectivity index (χ3v) is 4.24. The van der Waals surface area contributed by atoms with Gasteiger partial charge in [-0.25, -0.2) is 0 Å². The van der Waals surface area contributed by atoms with Crippen LogP contribution >= 0.6 is 0 Å². The number of rotatable bonds is 1. The minimum atomic E-state index is -0.330. The molecular formula is C11H21NO2. The van der Waals surface area contributed by atoms with E-state index < -0.39 is 0 Å². The minimum Gasteiger partial charge on any atom is -0.393 e. The Morgan fingerprint density at radius 3 is 2.50 bits per heavy atom. The second-order valence-corrected chi connectivity index (χ2v) is 5.25. The largest absolute Gasteiger partial charge is 0.393 e. The molecule has 2 rings (SSSR count). The predicted octanol–water partition coefficient (Wildman–Crippen LogP) is 1.04. The number of hydrogen-bond donors (Lipinski definition) is 2. The van der Waals surface area contributed by atoms with Crippen molar-refractivity contribution < 1.29 is 9.84 Å². The highest BCUT2D eigenvalue weighted by molar-refractivity contribution is 5.10. The maximum Gasteiger partial charge on any atom is 0.0809 e. The lowest BCUT2D eigenvalue weighted by Crippen LogP contribution is -2.60. The van der Waals surface area contributed by atoms with Crippen molar-refractivity contribution in [3.05, 3.63) is 0 Å². The molecule has 3 nitrogen and oxygen atoms in total. The van der Waals surface area contributed by atoms with Crippen LogP contribution in [0.3, 0.4) is 0 Å². The standard InChI is InChI=1S/C11H21NO2/c1-10(2)11(12,6-7-14-10)8-4-3-5-9(8)13/h8-9,13H,3-7,12H2,1-2H3. The third-order valence-electron chi connectivity index (χ3n) is 4.24. The fraction of sp³-hybridized carbons (Fsp3) is 1.00. The molecule has 0 radical (unpaired) electrons. The van der Waals surface area contributed by atoms with Crippen LogP contribution in [0.25, 0.3) is 0 Å². The summed E-state index contributed by atoms with van der Waals surface area (Å²) in [5.41, 5.74) is 5.83. The lowest BCUT2D eigenvalue weighted by Gasteiger charge is -2.42. The fourth-order valence-corrected chi connectivity index (χ4v) is 3.08. The topological polar surface area (TPSA) is 55.5 Å². The molecule has 0 aromatic carbocycles. The highest BCUT2D eigenvalue weighted by Gasteiger charge is 2.54. The van der Waals surface area contributed by atoms with E-state index in [0.717, 1.165) is 32.3 Å². The average Bonchev–Trinajstić information content (AvgIpc) is 2.59. The smallest absolute Gasteiger partial charge is 0.0809 e. The fourth-order valence-electron chi connectivity index (χ4n) is 3.08. The first-order valence-corrected chi connectivity index (χ1v) is 5.58. The molecule has 14 heavy (non-hydrogen) atoms. The molecule has 0 spiro atoms. The van der Waals surface area contributed by atoms with Crippen LogP contribution in [0.5, 0.6) is 0 Å². The molecule has 1 heterocycles. The SMILES string of the molecule is CC1(C)OCCC1(N)C1CCCC1O. The Hall–Kier alpha value is -0.120. The van der Waals surface area contributed by atoms with Gasteiger partial charge in [-0.1, -0.05) is 6.42 Å². The van der Waals surface area contributed by atoms with Crippen molar-refractivity contribution in [2.75, 3.05) is 6.61 Å². The molecule has 2 aliphatic rings. The lowest BCUT2D eigenvalue weighted by atomic mass is 9.71. The van der Waals surface area contributed by atoms with Gasteiger partial charge in [0.15, 0.2) is 0 Å². The van der Waals surface area contributed by atoms with E-state index in [4.69, 9.17) is 10.5 Å². The minimum absolute atomic E-state index is 0.221. The summed E-state index contributed by atoms with van der Waals surface area (Å²) in [5, 5.41) is 9.91. The Balaban J connectivity index is 2.22.